The molecule has 1 amide bonds. The zero-order valence-electron chi connectivity index (χ0n) is 16.8. The summed E-state index contributed by atoms with van der Waals surface area (Å²) in [6.07, 6.45) is -1.47. The van der Waals surface area contributed by atoms with Crippen LogP contribution in [0.2, 0.25) is 5.28 Å². The zero-order valence-corrected chi connectivity index (χ0v) is 17.6. The summed E-state index contributed by atoms with van der Waals surface area (Å²) in [7, 11) is 0. The fraction of sp³-hybridized carbons (Fsp3) is 0.238. The van der Waals surface area contributed by atoms with Crippen LogP contribution in [0, 0.1) is 0 Å². The first-order chi connectivity index (χ1) is 15.1. The number of hydrogen-bond acceptors (Lipinski definition) is 6. The molecule has 1 aliphatic rings. The van der Waals surface area contributed by atoms with E-state index in [1.54, 1.807) is 30.2 Å². The molecule has 0 fully saturated rings. The second-order valence-corrected chi connectivity index (χ2v) is 7.76. The van der Waals surface area contributed by atoms with Crippen molar-refractivity contribution in [1.82, 2.24) is 19.9 Å². The largest absolute Gasteiger partial charge is 0.416 e. The lowest BCUT2D eigenvalue weighted by molar-refractivity contribution is -0.137. The van der Waals surface area contributed by atoms with Crippen molar-refractivity contribution >= 4 is 29.0 Å². The molecule has 3 N–H and O–H groups in total. The quantitative estimate of drug-likeness (QED) is 0.439. The van der Waals surface area contributed by atoms with Gasteiger partial charge in [-0.2, -0.15) is 13.2 Å². The zero-order chi connectivity index (χ0) is 23.0. The van der Waals surface area contributed by atoms with Crippen LogP contribution in [0.3, 0.4) is 0 Å². The third kappa shape index (κ3) is 4.45. The van der Waals surface area contributed by atoms with Crippen molar-refractivity contribution in [3.63, 3.8) is 0 Å². The van der Waals surface area contributed by atoms with Crippen LogP contribution >= 0.6 is 11.6 Å². The van der Waals surface area contributed by atoms with Crippen molar-refractivity contribution in [1.29, 1.82) is 0 Å². The summed E-state index contributed by atoms with van der Waals surface area (Å²) in [4.78, 5) is 26.8. The summed E-state index contributed by atoms with van der Waals surface area (Å²) in [5.41, 5.74) is 6.84. The summed E-state index contributed by atoms with van der Waals surface area (Å²) in [6, 6.07) is 6.15. The molecule has 0 spiro atoms. The number of benzene rings is 1. The Kier molecular flexibility index (Phi) is 5.64. The van der Waals surface area contributed by atoms with Gasteiger partial charge in [0.05, 0.1) is 36.0 Å². The van der Waals surface area contributed by atoms with E-state index < -0.39 is 17.8 Å². The number of nitrogens with two attached hydrogens (primary N) is 1. The predicted octanol–water partition coefficient (Wildman–Crippen LogP) is 4.46. The highest BCUT2D eigenvalue weighted by molar-refractivity contribution is 6.28. The Balaban J connectivity index is 1.60. The molecule has 0 saturated carbocycles. The van der Waals surface area contributed by atoms with Gasteiger partial charge in [-0.25, -0.2) is 9.97 Å². The molecule has 7 nitrogen and oxygen atoms in total. The number of anilines is 2. The molecule has 1 atom stereocenters. The van der Waals surface area contributed by atoms with Crippen LogP contribution in [0.25, 0.3) is 0 Å². The maximum atomic E-state index is 13.2. The smallest absolute Gasteiger partial charge is 0.399 e. The molecular formula is C21H18ClF3N6O. The normalized spacial score (nSPS) is 14.2. The number of pyridine rings is 1. The van der Waals surface area contributed by atoms with Gasteiger partial charge >= 0.3 is 6.18 Å². The third-order valence-electron chi connectivity index (χ3n) is 5.11. The first kappa shape index (κ1) is 21.8. The molecular weight excluding hydrogens is 445 g/mol. The van der Waals surface area contributed by atoms with E-state index in [0.29, 0.717) is 28.2 Å². The van der Waals surface area contributed by atoms with Crippen LogP contribution in [-0.4, -0.2) is 25.8 Å². The minimum atomic E-state index is -4.52. The molecule has 0 radical (unpaired) electrons. The fourth-order valence-electron chi connectivity index (χ4n) is 3.54. The van der Waals surface area contributed by atoms with Crippen molar-refractivity contribution in [2.45, 2.75) is 32.2 Å². The third-order valence-corrected chi connectivity index (χ3v) is 5.28. The second-order valence-electron chi connectivity index (χ2n) is 7.42. The predicted molar refractivity (Wildman–Crippen MR) is 113 cm³/mol. The van der Waals surface area contributed by atoms with Crippen molar-refractivity contribution in [3.8, 4) is 0 Å². The number of fused-ring (bicyclic) bond motifs is 1. The Hall–Kier alpha value is -3.40. The van der Waals surface area contributed by atoms with Gasteiger partial charge in [0, 0.05) is 23.6 Å². The van der Waals surface area contributed by atoms with Gasteiger partial charge in [0.1, 0.15) is 5.82 Å². The molecule has 4 rings (SSSR count). The standard InChI is InChI=1S/C21H18ClF3N6O/c1-11(13-5-14(21(23,24)25)7-15(26)6-13)28-18-16-9-31(10-17(16)29-20(22)30-18)19(32)12-3-2-4-27-8-12/h2-8,11H,9-10,26H2,1H3,(H,28,29,30)/t11-/m1/s1. The fourth-order valence-corrected chi connectivity index (χ4v) is 3.72. The molecule has 0 bridgehead atoms. The number of rotatable bonds is 4. The number of aromatic nitrogens is 3. The van der Waals surface area contributed by atoms with E-state index in [4.69, 9.17) is 17.3 Å². The first-order valence-corrected chi connectivity index (χ1v) is 9.98. The van der Waals surface area contributed by atoms with Crippen LogP contribution in [0.4, 0.5) is 24.7 Å². The molecule has 2 aromatic heterocycles. The molecule has 1 aliphatic heterocycles. The minimum Gasteiger partial charge on any atom is -0.399 e. The average molecular weight is 463 g/mol. The number of carbonyl (C=O) groups excluding carboxylic acids is 1. The van der Waals surface area contributed by atoms with E-state index in [-0.39, 0.29) is 30.0 Å². The Morgan fingerprint density at radius 1 is 1.25 bits per heavy atom. The van der Waals surface area contributed by atoms with Crippen molar-refractivity contribution in [2.75, 3.05) is 11.1 Å². The lowest BCUT2D eigenvalue weighted by Crippen LogP contribution is -2.25. The molecule has 166 valence electrons. The lowest BCUT2D eigenvalue weighted by atomic mass is 10.0. The van der Waals surface area contributed by atoms with Crippen LogP contribution < -0.4 is 11.1 Å². The van der Waals surface area contributed by atoms with Crippen molar-refractivity contribution < 1.29 is 18.0 Å². The number of amides is 1. The maximum absolute atomic E-state index is 13.2. The molecule has 0 unspecified atom stereocenters. The molecule has 1 aromatic carbocycles. The second kappa shape index (κ2) is 8.27. The highest BCUT2D eigenvalue weighted by atomic mass is 35.5. The topological polar surface area (TPSA) is 97.0 Å². The summed E-state index contributed by atoms with van der Waals surface area (Å²) in [5.74, 6) is 0.127. The Morgan fingerprint density at radius 2 is 2.03 bits per heavy atom. The maximum Gasteiger partial charge on any atom is 0.416 e. The number of halogens is 4. The highest BCUT2D eigenvalue weighted by Gasteiger charge is 2.32. The van der Waals surface area contributed by atoms with Gasteiger partial charge in [-0.3, -0.25) is 9.78 Å². The van der Waals surface area contributed by atoms with E-state index in [9.17, 15) is 18.0 Å². The van der Waals surface area contributed by atoms with Gasteiger partial charge in [-0.1, -0.05) is 0 Å². The molecule has 3 aromatic rings. The van der Waals surface area contributed by atoms with Gasteiger partial charge in [-0.15, -0.1) is 0 Å². The van der Waals surface area contributed by atoms with Gasteiger partial charge in [0.15, 0.2) is 0 Å². The Morgan fingerprint density at radius 3 is 2.72 bits per heavy atom. The van der Waals surface area contributed by atoms with Crippen molar-refractivity contribution in [3.05, 3.63) is 76.0 Å². The summed E-state index contributed by atoms with van der Waals surface area (Å²) >= 11 is 6.07. The highest BCUT2D eigenvalue weighted by Crippen LogP contribution is 2.35. The number of hydrogen-bond donors (Lipinski definition) is 2. The minimum absolute atomic E-state index is 0.00247. The number of alkyl halides is 3. The van der Waals surface area contributed by atoms with Crippen molar-refractivity contribution in [2.24, 2.45) is 0 Å². The van der Waals surface area contributed by atoms with Crippen LogP contribution in [0.5, 0.6) is 0 Å². The van der Waals surface area contributed by atoms with Crippen LogP contribution in [0.1, 0.15) is 45.7 Å². The van der Waals surface area contributed by atoms with Gasteiger partial charge in [0.25, 0.3) is 5.91 Å². The van der Waals surface area contributed by atoms with E-state index in [1.807, 2.05) is 0 Å². The Labute approximate surface area is 186 Å². The number of nitrogens with zero attached hydrogens (tertiary/aromatic N) is 4. The molecule has 0 saturated heterocycles. The molecule has 3 heterocycles. The molecule has 0 aliphatic carbocycles. The first-order valence-electron chi connectivity index (χ1n) is 9.60. The summed E-state index contributed by atoms with van der Waals surface area (Å²) < 4.78 is 39.5. The molecule has 11 heteroatoms. The van der Waals surface area contributed by atoms with Crippen LogP contribution in [0.15, 0.2) is 42.7 Å². The SMILES string of the molecule is C[C@@H](Nc1nc(Cl)nc2c1CN(C(=O)c1cccnc1)C2)c1cc(N)cc(C(F)(F)F)c1. The molecule has 32 heavy (non-hydrogen) atoms. The monoisotopic (exact) mass is 462 g/mol. The van der Waals surface area contributed by atoms with Gasteiger partial charge in [0.2, 0.25) is 5.28 Å². The van der Waals surface area contributed by atoms with E-state index >= 15 is 0 Å². The Bertz CT molecular complexity index is 1170. The van der Waals surface area contributed by atoms with Gasteiger partial charge < -0.3 is 16.0 Å². The van der Waals surface area contributed by atoms with Crippen LogP contribution in [-0.2, 0) is 19.3 Å². The van der Waals surface area contributed by atoms with E-state index in [2.05, 4.69) is 20.3 Å². The number of carbonyl (C=O) groups is 1. The average Bonchev–Trinajstić information content (AvgIpc) is 3.17. The van der Waals surface area contributed by atoms with E-state index in [0.717, 1.165) is 12.1 Å². The summed E-state index contributed by atoms with van der Waals surface area (Å²) in [6.45, 7) is 2.13. The number of nitrogens with one attached hydrogen (secondary N) is 1. The number of nitrogen functional groups attached to an aromatic ring is 1. The van der Waals surface area contributed by atoms with E-state index in [1.165, 1.54) is 12.3 Å². The lowest BCUT2D eigenvalue weighted by Gasteiger charge is -2.19. The summed E-state index contributed by atoms with van der Waals surface area (Å²) in [5, 5.41) is 3.07. The van der Waals surface area contributed by atoms with Gasteiger partial charge in [-0.05, 0) is 54.4 Å².